The minimum Gasteiger partial charge on any atom is -0.369 e. The molecular weight excluding hydrogens is 373 g/mol. The molecule has 2 aliphatic heterocycles. The summed E-state index contributed by atoms with van der Waals surface area (Å²) < 4.78 is 2.36. The molecule has 0 amide bonds. The van der Waals surface area contributed by atoms with Crippen LogP contribution in [0.4, 0.5) is 5.69 Å². The van der Waals surface area contributed by atoms with E-state index in [0.717, 1.165) is 44.2 Å². The van der Waals surface area contributed by atoms with Crippen molar-refractivity contribution in [1.29, 1.82) is 0 Å². The summed E-state index contributed by atoms with van der Waals surface area (Å²) in [5, 5.41) is 1.37. The van der Waals surface area contributed by atoms with Gasteiger partial charge < -0.3 is 9.80 Å². The molecule has 3 nitrogen and oxygen atoms in total. The summed E-state index contributed by atoms with van der Waals surface area (Å²) in [4.78, 5) is 5.97. The highest BCUT2D eigenvalue weighted by Gasteiger charge is 2.22. The van der Waals surface area contributed by atoms with Crippen molar-refractivity contribution in [2.45, 2.75) is 18.0 Å². The van der Waals surface area contributed by atoms with Crippen molar-refractivity contribution in [3.05, 3.63) is 57.6 Å². The zero-order valence-corrected chi connectivity index (χ0v) is 16.5. The van der Waals surface area contributed by atoms with Crippen molar-refractivity contribution in [1.82, 2.24) is 9.21 Å². The second-order valence-corrected chi connectivity index (χ2v) is 8.78. The van der Waals surface area contributed by atoms with Crippen LogP contribution >= 0.6 is 35.1 Å². The van der Waals surface area contributed by atoms with E-state index in [4.69, 9.17) is 23.2 Å². The molecule has 0 aliphatic carbocycles. The van der Waals surface area contributed by atoms with Gasteiger partial charge >= 0.3 is 0 Å². The average Bonchev–Trinajstić information content (AvgIpc) is 2.95. The highest BCUT2D eigenvalue weighted by molar-refractivity contribution is 7.97. The van der Waals surface area contributed by atoms with Crippen LogP contribution in [0.3, 0.4) is 0 Å². The molecule has 0 unspecified atom stereocenters. The number of hydrogen-bond donors (Lipinski definition) is 0. The first-order valence-corrected chi connectivity index (χ1v) is 10.0. The summed E-state index contributed by atoms with van der Waals surface area (Å²) in [6.07, 6.45) is 0. The van der Waals surface area contributed by atoms with E-state index in [2.05, 4.69) is 39.4 Å². The van der Waals surface area contributed by atoms with Crippen LogP contribution in [0, 0.1) is 0 Å². The molecule has 25 heavy (non-hydrogen) atoms. The Kier molecular flexibility index (Phi) is 5.16. The lowest BCUT2D eigenvalue weighted by atomic mass is 10.1. The van der Waals surface area contributed by atoms with Crippen LogP contribution in [0.15, 0.2) is 41.3 Å². The monoisotopic (exact) mass is 393 g/mol. The predicted molar refractivity (Wildman–Crippen MR) is 108 cm³/mol. The smallest absolute Gasteiger partial charge is 0.0432 e. The molecule has 1 fully saturated rings. The Morgan fingerprint density at radius 1 is 0.840 bits per heavy atom. The minimum atomic E-state index is 0.684. The van der Waals surface area contributed by atoms with Gasteiger partial charge in [-0.25, -0.2) is 4.31 Å². The molecule has 4 rings (SSSR count). The van der Waals surface area contributed by atoms with Gasteiger partial charge in [0.2, 0.25) is 0 Å². The van der Waals surface area contributed by atoms with Crippen molar-refractivity contribution >= 4 is 40.8 Å². The normalized spacial score (nSPS) is 18.6. The van der Waals surface area contributed by atoms with E-state index in [9.17, 15) is 0 Å². The van der Waals surface area contributed by atoms with E-state index in [0.29, 0.717) is 10.0 Å². The average molecular weight is 394 g/mol. The number of hydrogen-bond acceptors (Lipinski definition) is 4. The van der Waals surface area contributed by atoms with Gasteiger partial charge in [-0.1, -0.05) is 29.3 Å². The summed E-state index contributed by atoms with van der Waals surface area (Å²) in [6.45, 7) is 6.38. The number of likely N-dealkylation sites (N-methyl/N-ethyl adjacent to an activating group) is 1. The molecule has 1 saturated heterocycles. The molecule has 6 heteroatoms. The summed E-state index contributed by atoms with van der Waals surface area (Å²) in [5.41, 5.74) is 4.19. The Bertz CT molecular complexity index is 755. The lowest BCUT2D eigenvalue weighted by molar-refractivity contribution is 0.313. The van der Waals surface area contributed by atoms with Gasteiger partial charge in [-0.05, 0) is 60.5 Å². The van der Waals surface area contributed by atoms with Gasteiger partial charge in [-0.3, -0.25) is 0 Å². The molecule has 132 valence electrons. The highest BCUT2D eigenvalue weighted by atomic mass is 35.5. The van der Waals surface area contributed by atoms with E-state index >= 15 is 0 Å². The molecule has 0 bridgehead atoms. The van der Waals surface area contributed by atoms with Gasteiger partial charge in [0.15, 0.2) is 0 Å². The highest BCUT2D eigenvalue weighted by Crippen LogP contribution is 2.36. The molecule has 2 aliphatic rings. The van der Waals surface area contributed by atoms with Crippen LogP contribution in [0.1, 0.15) is 11.1 Å². The largest absolute Gasteiger partial charge is 0.369 e. The van der Waals surface area contributed by atoms with Crippen LogP contribution in [-0.4, -0.2) is 42.4 Å². The molecule has 0 aromatic heterocycles. The molecule has 2 aromatic rings. The molecule has 0 saturated carbocycles. The maximum absolute atomic E-state index is 6.12. The number of halogens is 2. The van der Waals surface area contributed by atoms with Gasteiger partial charge in [0.05, 0.1) is 0 Å². The van der Waals surface area contributed by atoms with E-state index in [1.165, 1.54) is 16.8 Å². The summed E-state index contributed by atoms with van der Waals surface area (Å²) in [5.74, 6) is 0. The number of fused-ring (bicyclic) bond motifs is 1. The Balaban J connectivity index is 1.45. The van der Waals surface area contributed by atoms with Gasteiger partial charge in [0.1, 0.15) is 0 Å². The maximum atomic E-state index is 6.12. The number of rotatable bonds is 3. The number of anilines is 1. The SMILES string of the molecule is CN1CCN(c2ccc3c(c2)CN(Sc2cc(Cl)cc(Cl)c2)C3)CC1. The van der Waals surface area contributed by atoms with Gasteiger partial charge in [-0.15, -0.1) is 0 Å². The fourth-order valence-corrected chi connectivity index (χ4v) is 5.13. The fourth-order valence-electron chi connectivity index (χ4n) is 3.41. The molecule has 2 heterocycles. The molecule has 0 spiro atoms. The lowest BCUT2D eigenvalue weighted by Crippen LogP contribution is -2.44. The second kappa shape index (κ2) is 7.37. The molecule has 0 atom stereocenters. The van der Waals surface area contributed by atoms with Crippen LogP contribution in [0.2, 0.25) is 10.0 Å². The van der Waals surface area contributed by atoms with Gasteiger partial charge in [0, 0.05) is 59.9 Å². The Morgan fingerprint density at radius 3 is 2.24 bits per heavy atom. The molecular formula is C19H21Cl2N3S. The summed E-state index contributed by atoms with van der Waals surface area (Å²) >= 11 is 14.0. The van der Waals surface area contributed by atoms with Crippen LogP contribution < -0.4 is 4.90 Å². The zero-order valence-electron chi connectivity index (χ0n) is 14.2. The van der Waals surface area contributed by atoms with Crippen molar-refractivity contribution < 1.29 is 0 Å². The molecule has 2 aromatic carbocycles. The maximum Gasteiger partial charge on any atom is 0.0432 e. The van der Waals surface area contributed by atoms with E-state index in [1.807, 2.05) is 12.1 Å². The van der Waals surface area contributed by atoms with Crippen molar-refractivity contribution in [2.75, 3.05) is 38.1 Å². The predicted octanol–water partition coefficient (Wildman–Crippen LogP) is 4.77. The summed E-state index contributed by atoms with van der Waals surface area (Å²) in [6, 6.07) is 12.6. The first kappa shape index (κ1) is 17.5. The third-order valence-corrected chi connectivity index (χ3v) is 6.22. The minimum absolute atomic E-state index is 0.684. The van der Waals surface area contributed by atoms with Gasteiger partial charge in [-0.2, -0.15) is 0 Å². The Morgan fingerprint density at radius 2 is 1.52 bits per heavy atom. The number of benzene rings is 2. The number of nitrogens with zero attached hydrogens (tertiary/aromatic N) is 3. The first-order valence-electron chi connectivity index (χ1n) is 8.51. The van der Waals surface area contributed by atoms with Crippen molar-refractivity contribution in [3.63, 3.8) is 0 Å². The van der Waals surface area contributed by atoms with Crippen LogP contribution in [-0.2, 0) is 13.1 Å². The fraction of sp³-hybridized carbons (Fsp3) is 0.368. The quantitative estimate of drug-likeness (QED) is 0.694. The van der Waals surface area contributed by atoms with E-state index in [1.54, 1.807) is 18.0 Å². The summed E-state index contributed by atoms with van der Waals surface area (Å²) in [7, 11) is 2.19. The topological polar surface area (TPSA) is 9.72 Å². The first-order chi connectivity index (χ1) is 12.1. The van der Waals surface area contributed by atoms with Crippen LogP contribution in [0.25, 0.3) is 0 Å². The van der Waals surface area contributed by atoms with Crippen LogP contribution in [0.5, 0.6) is 0 Å². The molecule has 0 N–H and O–H groups in total. The standard InChI is InChI=1S/C19H21Cl2N3S/c1-22-4-6-23(7-5-22)18-3-2-14-12-24(13-15(14)8-18)25-19-10-16(20)9-17(21)11-19/h2-3,8-11H,4-7,12-13H2,1H3. The third kappa shape index (κ3) is 4.09. The third-order valence-electron chi connectivity index (χ3n) is 4.82. The van der Waals surface area contributed by atoms with Crippen molar-refractivity contribution in [3.8, 4) is 0 Å². The Labute approximate surface area is 163 Å². The Hall–Kier alpha value is -0.910. The van der Waals surface area contributed by atoms with E-state index in [-0.39, 0.29) is 0 Å². The lowest BCUT2D eigenvalue weighted by Gasteiger charge is -2.34. The van der Waals surface area contributed by atoms with E-state index < -0.39 is 0 Å². The molecule has 0 radical (unpaired) electrons. The zero-order chi connectivity index (χ0) is 17.4. The van der Waals surface area contributed by atoms with Gasteiger partial charge in [0.25, 0.3) is 0 Å². The second-order valence-electron chi connectivity index (χ2n) is 6.74. The van der Waals surface area contributed by atoms with Crippen molar-refractivity contribution in [2.24, 2.45) is 0 Å². The number of piperazine rings is 1.